The molecular formula is C17H23N3O. The molecule has 0 saturated heterocycles. The Balaban J connectivity index is 1.97. The monoisotopic (exact) mass is 285 g/mol. The van der Waals surface area contributed by atoms with Crippen molar-refractivity contribution < 1.29 is 4.79 Å². The minimum Gasteiger partial charge on any atom is -0.342 e. The average Bonchev–Trinajstić information content (AvgIpc) is 2.93. The van der Waals surface area contributed by atoms with E-state index in [0.717, 1.165) is 13.0 Å². The van der Waals surface area contributed by atoms with Crippen LogP contribution in [-0.4, -0.2) is 34.2 Å². The van der Waals surface area contributed by atoms with Crippen LogP contribution in [0.2, 0.25) is 0 Å². The maximum absolute atomic E-state index is 12.3. The molecule has 0 bridgehead atoms. The van der Waals surface area contributed by atoms with Gasteiger partial charge in [0.05, 0.1) is 18.3 Å². The van der Waals surface area contributed by atoms with E-state index in [-0.39, 0.29) is 5.91 Å². The van der Waals surface area contributed by atoms with Crippen LogP contribution >= 0.6 is 0 Å². The van der Waals surface area contributed by atoms with Gasteiger partial charge < -0.3 is 4.90 Å². The molecule has 0 N–H and O–H groups in total. The molecule has 4 nitrogen and oxygen atoms in total. The Morgan fingerprint density at radius 1 is 1.29 bits per heavy atom. The third kappa shape index (κ3) is 4.45. The van der Waals surface area contributed by atoms with E-state index in [0.29, 0.717) is 18.0 Å². The second-order valence-corrected chi connectivity index (χ2v) is 5.82. The minimum atomic E-state index is 0.0370. The Hall–Kier alpha value is -2.10. The van der Waals surface area contributed by atoms with Crippen LogP contribution in [0.5, 0.6) is 0 Å². The van der Waals surface area contributed by atoms with Crippen LogP contribution < -0.4 is 0 Å². The summed E-state index contributed by atoms with van der Waals surface area (Å²) in [5, 5.41) is 4.28. The lowest BCUT2D eigenvalue weighted by Gasteiger charge is -2.17. The van der Waals surface area contributed by atoms with Crippen molar-refractivity contribution in [2.24, 2.45) is 5.92 Å². The summed E-state index contributed by atoms with van der Waals surface area (Å²) in [6.45, 7) is 5.79. The molecular weight excluding hydrogens is 262 g/mol. The molecule has 0 aliphatic heterocycles. The van der Waals surface area contributed by atoms with Crippen molar-refractivity contribution in [1.29, 1.82) is 0 Å². The second-order valence-electron chi connectivity index (χ2n) is 5.82. The highest BCUT2D eigenvalue weighted by Crippen LogP contribution is 2.08. The third-order valence-corrected chi connectivity index (χ3v) is 3.46. The number of aromatic nitrogens is 2. The van der Waals surface area contributed by atoms with Gasteiger partial charge in [-0.3, -0.25) is 9.48 Å². The Labute approximate surface area is 126 Å². The molecule has 0 aliphatic rings. The van der Waals surface area contributed by atoms with Gasteiger partial charge in [0.2, 0.25) is 0 Å². The van der Waals surface area contributed by atoms with Crippen LogP contribution in [0.25, 0.3) is 0 Å². The summed E-state index contributed by atoms with van der Waals surface area (Å²) >= 11 is 0. The third-order valence-electron chi connectivity index (χ3n) is 3.46. The van der Waals surface area contributed by atoms with Crippen molar-refractivity contribution in [1.82, 2.24) is 14.7 Å². The molecule has 1 aromatic carbocycles. The fourth-order valence-electron chi connectivity index (χ4n) is 2.10. The van der Waals surface area contributed by atoms with E-state index in [2.05, 4.69) is 31.1 Å². The Morgan fingerprint density at radius 3 is 2.67 bits per heavy atom. The number of amides is 1. The number of rotatable bonds is 6. The van der Waals surface area contributed by atoms with E-state index in [9.17, 15) is 4.79 Å². The van der Waals surface area contributed by atoms with Crippen LogP contribution in [0.1, 0.15) is 36.2 Å². The number of hydrogen-bond acceptors (Lipinski definition) is 2. The molecule has 4 heteroatoms. The molecule has 21 heavy (non-hydrogen) atoms. The first-order valence-electron chi connectivity index (χ1n) is 7.38. The summed E-state index contributed by atoms with van der Waals surface area (Å²) in [6, 6.07) is 10.1. The molecule has 1 amide bonds. The quantitative estimate of drug-likeness (QED) is 0.818. The van der Waals surface area contributed by atoms with Crippen LogP contribution in [0.15, 0.2) is 42.7 Å². The SMILES string of the molecule is CC(C)CCN(C)C(=O)c1cnn(Cc2ccccc2)c1. The summed E-state index contributed by atoms with van der Waals surface area (Å²) in [7, 11) is 1.85. The fourth-order valence-corrected chi connectivity index (χ4v) is 2.10. The molecule has 0 saturated carbocycles. The van der Waals surface area contributed by atoms with Crippen molar-refractivity contribution in [3.8, 4) is 0 Å². The summed E-state index contributed by atoms with van der Waals surface area (Å²) in [5.41, 5.74) is 1.82. The molecule has 1 heterocycles. The normalized spacial score (nSPS) is 10.9. The number of carbonyl (C=O) groups is 1. The first kappa shape index (κ1) is 15.3. The topological polar surface area (TPSA) is 38.1 Å². The largest absolute Gasteiger partial charge is 0.342 e. The van der Waals surface area contributed by atoms with Crippen molar-refractivity contribution in [3.05, 3.63) is 53.9 Å². The van der Waals surface area contributed by atoms with Crippen molar-refractivity contribution >= 4 is 5.91 Å². The van der Waals surface area contributed by atoms with E-state index < -0.39 is 0 Å². The molecule has 0 unspecified atom stereocenters. The number of hydrogen-bond donors (Lipinski definition) is 0. The van der Waals surface area contributed by atoms with Gasteiger partial charge in [0, 0.05) is 19.8 Å². The number of nitrogens with zero attached hydrogens (tertiary/aromatic N) is 3. The second kappa shape index (κ2) is 7.07. The summed E-state index contributed by atoms with van der Waals surface area (Å²) in [5.74, 6) is 0.635. The van der Waals surface area contributed by atoms with Crippen LogP contribution in [0.3, 0.4) is 0 Å². The lowest BCUT2D eigenvalue weighted by Crippen LogP contribution is -2.28. The lowest BCUT2D eigenvalue weighted by atomic mass is 10.1. The van der Waals surface area contributed by atoms with Crippen molar-refractivity contribution in [2.45, 2.75) is 26.8 Å². The van der Waals surface area contributed by atoms with Gasteiger partial charge in [-0.1, -0.05) is 44.2 Å². The van der Waals surface area contributed by atoms with E-state index >= 15 is 0 Å². The molecule has 0 aliphatic carbocycles. The van der Waals surface area contributed by atoms with E-state index in [1.807, 2.05) is 31.4 Å². The standard InChI is InChI=1S/C17H23N3O/c1-14(2)9-10-19(3)17(21)16-11-18-20(13-16)12-15-7-5-4-6-8-15/h4-8,11,13-14H,9-10,12H2,1-3H3. The van der Waals surface area contributed by atoms with Gasteiger partial charge in [-0.15, -0.1) is 0 Å². The predicted octanol–water partition coefficient (Wildman–Crippen LogP) is 3.05. The summed E-state index contributed by atoms with van der Waals surface area (Å²) in [4.78, 5) is 14.1. The first-order chi connectivity index (χ1) is 10.1. The molecule has 2 aromatic rings. The van der Waals surface area contributed by atoms with Gasteiger partial charge in [-0.25, -0.2) is 0 Å². The molecule has 0 atom stereocenters. The van der Waals surface area contributed by atoms with E-state index in [4.69, 9.17) is 0 Å². The first-order valence-corrected chi connectivity index (χ1v) is 7.38. The summed E-state index contributed by atoms with van der Waals surface area (Å²) < 4.78 is 1.80. The zero-order chi connectivity index (χ0) is 15.2. The predicted molar refractivity (Wildman–Crippen MR) is 84.2 cm³/mol. The highest BCUT2D eigenvalue weighted by atomic mass is 16.2. The summed E-state index contributed by atoms with van der Waals surface area (Å²) in [6.07, 6.45) is 4.48. The highest BCUT2D eigenvalue weighted by Gasteiger charge is 2.14. The van der Waals surface area contributed by atoms with Crippen LogP contribution in [0.4, 0.5) is 0 Å². The number of benzene rings is 1. The van der Waals surface area contributed by atoms with Crippen molar-refractivity contribution in [2.75, 3.05) is 13.6 Å². The number of carbonyl (C=O) groups excluding carboxylic acids is 1. The maximum Gasteiger partial charge on any atom is 0.256 e. The van der Waals surface area contributed by atoms with Crippen molar-refractivity contribution in [3.63, 3.8) is 0 Å². The Kier molecular flexibility index (Phi) is 5.14. The van der Waals surface area contributed by atoms with Gasteiger partial charge in [-0.05, 0) is 17.9 Å². The molecule has 0 radical (unpaired) electrons. The molecule has 112 valence electrons. The smallest absolute Gasteiger partial charge is 0.256 e. The lowest BCUT2D eigenvalue weighted by molar-refractivity contribution is 0.0789. The van der Waals surface area contributed by atoms with Gasteiger partial charge in [-0.2, -0.15) is 5.10 Å². The molecule has 1 aromatic heterocycles. The van der Waals surface area contributed by atoms with E-state index in [1.54, 1.807) is 15.8 Å². The van der Waals surface area contributed by atoms with E-state index in [1.165, 1.54) is 5.56 Å². The average molecular weight is 285 g/mol. The van der Waals surface area contributed by atoms with Gasteiger partial charge >= 0.3 is 0 Å². The molecule has 0 fully saturated rings. The van der Waals surface area contributed by atoms with Crippen LogP contribution in [-0.2, 0) is 6.54 Å². The highest BCUT2D eigenvalue weighted by molar-refractivity contribution is 5.93. The Morgan fingerprint density at radius 2 is 2.00 bits per heavy atom. The maximum atomic E-state index is 12.3. The minimum absolute atomic E-state index is 0.0370. The van der Waals surface area contributed by atoms with Gasteiger partial charge in [0.25, 0.3) is 5.91 Å². The fraction of sp³-hybridized carbons (Fsp3) is 0.412. The molecule has 2 rings (SSSR count). The van der Waals surface area contributed by atoms with Gasteiger partial charge in [0.15, 0.2) is 0 Å². The van der Waals surface area contributed by atoms with Gasteiger partial charge in [0.1, 0.15) is 0 Å². The van der Waals surface area contributed by atoms with Crippen LogP contribution in [0, 0.1) is 5.92 Å². The zero-order valence-corrected chi connectivity index (χ0v) is 13.0. The Bertz CT molecular complexity index is 575. The zero-order valence-electron chi connectivity index (χ0n) is 13.0. The molecule has 0 spiro atoms.